The molecule has 4 rings (SSSR count). The molecule has 3 aliphatic heterocycles. The molecule has 32 heavy (non-hydrogen) atoms. The maximum atomic E-state index is 13.7. The van der Waals surface area contributed by atoms with Gasteiger partial charge in [-0.3, -0.25) is 4.90 Å². The third kappa shape index (κ3) is 5.41. The van der Waals surface area contributed by atoms with Crippen molar-refractivity contribution in [2.75, 3.05) is 39.4 Å². The lowest BCUT2D eigenvalue weighted by molar-refractivity contribution is 0.0530. The summed E-state index contributed by atoms with van der Waals surface area (Å²) in [7, 11) is 0. The van der Waals surface area contributed by atoms with Crippen molar-refractivity contribution >= 4 is 6.03 Å². The topological polar surface area (TPSA) is 70.8 Å². The molecule has 8 heteroatoms. The van der Waals surface area contributed by atoms with Crippen LogP contribution in [-0.2, 0) is 11.2 Å². The quantitative estimate of drug-likeness (QED) is 0.627. The van der Waals surface area contributed by atoms with E-state index in [0.29, 0.717) is 57.3 Å². The Morgan fingerprint density at radius 2 is 1.84 bits per heavy atom. The number of hydrogen-bond acceptors (Lipinski definition) is 4. The number of piperidine rings is 1. The van der Waals surface area contributed by atoms with Gasteiger partial charge in [0, 0.05) is 44.3 Å². The van der Waals surface area contributed by atoms with E-state index in [2.05, 4.69) is 10.2 Å². The minimum atomic E-state index is -0.799. The van der Waals surface area contributed by atoms with Crippen LogP contribution < -0.4 is 11.1 Å². The molecule has 0 aliphatic carbocycles. The van der Waals surface area contributed by atoms with Crippen LogP contribution in [0.2, 0.25) is 0 Å². The predicted octanol–water partition coefficient (Wildman–Crippen LogP) is 2.82. The van der Waals surface area contributed by atoms with Crippen LogP contribution >= 0.6 is 0 Å². The number of rotatable bonds is 7. The van der Waals surface area contributed by atoms with Crippen LogP contribution in [0, 0.1) is 24.5 Å². The van der Waals surface area contributed by atoms with Crippen LogP contribution in [0.1, 0.15) is 43.2 Å². The lowest BCUT2D eigenvalue weighted by Crippen LogP contribution is -2.49. The molecule has 2 unspecified atom stereocenters. The largest absolute Gasteiger partial charge is 0.378 e. The van der Waals surface area contributed by atoms with Gasteiger partial charge in [0.2, 0.25) is 0 Å². The predicted molar refractivity (Wildman–Crippen MR) is 119 cm³/mol. The molecule has 3 heterocycles. The first kappa shape index (κ1) is 23.4. The second-order valence-electron chi connectivity index (χ2n) is 9.60. The van der Waals surface area contributed by atoms with Crippen molar-refractivity contribution in [2.24, 2.45) is 11.7 Å². The van der Waals surface area contributed by atoms with Crippen LogP contribution in [0.15, 0.2) is 12.1 Å². The van der Waals surface area contributed by atoms with Crippen molar-refractivity contribution in [1.29, 1.82) is 0 Å². The van der Waals surface area contributed by atoms with Crippen LogP contribution in [0.4, 0.5) is 13.6 Å². The van der Waals surface area contributed by atoms with Crippen LogP contribution in [0.25, 0.3) is 0 Å². The lowest BCUT2D eigenvalue weighted by atomic mass is 9.82. The van der Waals surface area contributed by atoms with Crippen molar-refractivity contribution in [3.8, 4) is 0 Å². The second kappa shape index (κ2) is 10.4. The summed E-state index contributed by atoms with van der Waals surface area (Å²) in [5.74, 6) is -1.20. The molecule has 2 bridgehead atoms. The summed E-state index contributed by atoms with van der Waals surface area (Å²) in [4.78, 5) is 16.6. The first-order valence-electron chi connectivity index (χ1n) is 12.0. The highest BCUT2D eigenvalue weighted by molar-refractivity contribution is 5.74. The van der Waals surface area contributed by atoms with Crippen molar-refractivity contribution < 1.29 is 18.3 Å². The molecule has 2 amide bonds. The summed E-state index contributed by atoms with van der Waals surface area (Å²) in [6.45, 7) is 6.04. The van der Waals surface area contributed by atoms with Gasteiger partial charge in [0.05, 0.1) is 13.2 Å². The minimum absolute atomic E-state index is 0.00785. The van der Waals surface area contributed by atoms with E-state index >= 15 is 0 Å². The molecule has 6 nitrogen and oxygen atoms in total. The molecule has 0 saturated carbocycles. The standard InChI is InChI=1S/C24H36F2N4O2/c1-16-11-21(25)22(26)14-17(16)15-23(27)18-12-19-3-4-20(13-18)30(19)6-2-5-28-24(31)29-7-9-32-10-8-29/h11,14,18-20,23H,2-10,12-13,15,27H2,1H3,(H,28,31)/t18?,19-,20+,23?. The van der Waals surface area contributed by atoms with Gasteiger partial charge in [-0.15, -0.1) is 0 Å². The number of fused-ring (bicyclic) bond motifs is 2. The molecular formula is C24H36F2N4O2. The third-order valence-corrected chi connectivity index (χ3v) is 7.53. The van der Waals surface area contributed by atoms with E-state index in [1.54, 1.807) is 0 Å². The average molecular weight is 451 g/mol. The normalized spacial score (nSPS) is 26.9. The summed E-state index contributed by atoms with van der Waals surface area (Å²) >= 11 is 0. The zero-order valence-electron chi connectivity index (χ0n) is 19.0. The Morgan fingerprint density at radius 3 is 2.53 bits per heavy atom. The number of carbonyl (C=O) groups is 1. The number of hydrogen-bond donors (Lipinski definition) is 2. The van der Waals surface area contributed by atoms with Gasteiger partial charge in [0.1, 0.15) is 0 Å². The number of halogens is 2. The van der Waals surface area contributed by atoms with Crippen molar-refractivity contribution in [2.45, 2.75) is 63.6 Å². The second-order valence-corrected chi connectivity index (χ2v) is 9.60. The Kier molecular flexibility index (Phi) is 7.63. The number of urea groups is 1. The average Bonchev–Trinajstić information content (AvgIpc) is 3.01. The Labute approximate surface area is 189 Å². The monoisotopic (exact) mass is 450 g/mol. The van der Waals surface area contributed by atoms with Gasteiger partial charge in [-0.25, -0.2) is 13.6 Å². The SMILES string of the molecule is Cc1cc(F)c(F)cc1CC(N)C1C[C@H]2CC[C@@H](C1)N2CCCNC(=O)N1CCOCC1. The Balaban J connectivity index is 1.23. The number of aryl methyl sites for hydroxylation is 1. The summed E-state index contributed by atoms with van der Waals surface area (Å²) < 4.78 is 32.4. The molecule has 3 aliphatic rings. The van der Waals surface area contributed by atoms with E-state index in [0.717, 1.165) is 36.9 Å². The van der Waals surface area contributed by atoms with Gasteiger partial charge < -0.3 is 20.7 Å². The lowest BCUT2D eigenvalue weighted by Gasteiger charge is -2.41. The van der Waals surface area contributed by atoms with Crippen molar-refractivity contribution in [3.63, 3.8) is 0 Å². The van der Waals surface area contributed by atoms with Crippen molar-refractivity contribution in [1.82, 2.24) is 15.1 Å². The van der Waals surface area contributed by atoms with E-state index < -0.39 is 11.6 Å². The first-order valence-corrected chi connectivity index (χ1v) is 12.0. The Morgan fingerprint density at radius 1 is 1.19 bits per heavy atom. The molecule has 3 N–H and O–H groups in total. The maximum absolute atomic E-state index is 13.7. The fourth-order valence-electron chi connectivity index (χ4n) is 5.69. The smallest absolute Gasteiger partial charge is 0.317 e. The molecular weight excluding hydrogens is 414 g/mol. The molecule has 4 atom stereocenters. The van der Waals surface area contributed by atoms with Gasteiger partial charge in [-0.1, -0.05) is 0 Å². The third-order valence-electron chi connectivity index (χ3n) is 7.53. The fourth-order valence-corrected chi connectivity index (χ4v) is 5.69. The van der Waals surface area contributed by atoms with E-state index in [1.165, 1.54) is 25.0 Å². The zero-order chi connectivity index (χ0) is 22.7. The summed E-state index contributed by atoms with van der Waals surface area (Å²) in [6.07, 6.45) is 6.02. The Bertz CT molecular complexity index is 788. The van der Waals surface area contributed by atoms with Gasteiger partial charge in [-0.2, -0.15) is 0 Å². The molecule has 3 saturated heterocycles. The van der Waals surface area contributed by atoms with E-state index in [-0.39, 0.29) is 12.1 Å². The van der Waals surface area contributed by atoms with Crippen LogP contribution in [0.5, 0.6) is 0 Å². The molecule has 0 aromatic heterocycles. The number of benzene rings is 1. The van der Waals surface area contributed by atoms with Gasteiger partial charge >= 0.3 is 6.03 Å². The summed E-state index contributed by atoms with van der Waals surface area (Å²) in [5, 5.41) is 3.04. The molecule has 1 aromatic rings. The minimum Gasteiger partial charge on any atom is -0.378 e. The summed E-state index contributed by atoms with van der Waals surface area (Å²) in [6, 6.07) is 3.60. The molecule has 0 radical (unpaired) electrons. The number of amides is 2. The highest BCUT2D eigenvalue weighted by Crippen LogP contribution is 2.40. The number of carbonyl (C=O) groups excluding carboxylic acids is 1. The van der Waals surface area contributed by atoms with E-state index in [9.17, 15) is 13.6 Å². The summed E-state index contributed by atoms with van der Waals surface area (Å²) in [5.41, 5.74) is 8.14. The molecule has 178 valence electrons. The first-order chi connectivity index (χ1) is 15.4. The van der Waals surface area contributed by atoms with Gasteiger partial charge in [0.15, 0.2) is 11.6 Å². The van der Waals surface area contributed by atoms with Crippen LogP contribution in [0.3, 0.4) is 0 Å². The highest BCUT2D eigenvalue weighted by Gasteiger charge is 2.41. The van der Waals surface area contributed by atoms with Gasteiger partial charge in [0.25, 0.3) is 0 Å². The molecule has 1 aromatic carbocycles. The van der Waals surface area contributed by atoms with Crippen molar-refractivity contribution in [3.05, 3.63) is 34.9 Å². The number of nitrogens with two attached hydrogens (primary N) is 1. The number of nitrogens with one attached hydrogen (secondary N) is 1. The maximum Gasteiger partial charge on any atom is 0.317 e. The number of morpholine rings is 1. The van der Waals surface area contributed by atoms with E-state index in [4.69, 9.17) is 10.5 Å². The number of nitrogens with zero attached hydrogens (tertiary/aromatic N) is 2. The molecule has 3 fully saturated rings. The van der Waals surface area contributed by atoms with Gasteiger partial charge in [-0.05, 0) is 74.6 Å². The highest BCUT2D eigenvalue weighted by atomic mass is 19.2. The zero-order valence-corrected chi connectivity index (χ0v) is 19.0. The van der Waals surface area contributed by atoms with E-state index in [1.807, 2.05) is 11.8 Å². The molecule has 0 spiro atoms. The Hall–Kier alpha value is -1.77. The number of ether oxygens (including phenoxy) is 1. The van der Waals surface area contributed by atoms with Crippen LogP contribution in [-0.4, -0.2) is 73.3 Å². The fraction of sp³-hybridized carbons (Fsp3) is 0.708.